The molecule has 0 amide bonds. The average molecular weight is 339 g/mol. The number of benzene rings is 1. The molecule has 0 fully saturated rings. The highest BCUT2D eigenvalue weighted by Gasteiger charge is 2.25. The van der Waals surface area contributed by atoms with E-state index in [0.29, 0.717) is 21.3 Å². The van der Waals surface area contributed by atoms with Gasteiger partial charge in [0, 0.05) is 14.1 Å². The summed E-state index contributed by atoms with van der Waals surface area (Å²) in [6.07, 6.45) is 0.665. The third kappa shape index (κ3) is 2.74. The Morgan fingerprint density at radius 2 is 1.65 bits per heavy atom. The van der Waals surface area contributed by atoms with Crippen LogP contribution in [0.2, 0.25) is 0 Å². The van der Waals surface area contributed by atoms with Gasteiger partial charge in [0.1, 0.15) is 0 Å². The van der Waals surface area contributed by atoms with E-state index >= 15 is 0 Å². The molecular formula is C15H18FN3O3S. The SMILES string of the molecule is CN=c1c(F)cn(S(=O)(=O)c2c(C)cc(C)cc2C)c(=O)n1C. The van der Waals surface area contributed by atoms with E-state index in [1.807, 2.05) is 6.92 Å². The first-order valence-corrected chi connectivity index (χ1v) is 8.29. The molecule has 2 aromatic rings. The smallest absolute Gasteiger partial charge is 0.278 e. The topological polar surface area (TPSA) is 73.4 Å². The molecule has 0 aliphatic heterocycles. The predicted octanol–water partition coefficient (Wildman–Crippen LogP) is 1.02. The molecule has 0 unspecified atom stereocenters. The summed E-state index contributed by atoms with van der Waals surface area (Å²) in [5, 5.41) is 0. The fourth-order valence-corrected chi connectivity index (χ4v) is 4.40. The number of aryl methyl sites for hydroxylation is 3. The minimum Gasteiger partial charge on any atom is -0.278 e. The van der Waals surface area contributed by atoms with Crippen LogP contribution in [0.5, 0.6) is 0 Å². The molecule has 0 saturated heterocycles. The van der Waals surface area contributed by atoms with E-state index in [4.69, 9.17) is 0 Å². The molecule has 0 aliphatic rings. The summed E-state index contributed by atoms with van der Waals surface area (Å²) in [7, 11) is -1.62. The zero-order chi connectivity index (χ0) is 17.5. The number of halogens is 1. The number of hydrogen-bond donors (Lipinski definition) is 0. The molecule has 0 aliphatic carbocycles. The summed E-state index contributed by atoms with van der Waals surface area (Å²) in [5.74, 6) is -0.888. The van der Waals surface area contributed by atoms with Gasteiger partial charge in [-0.2, -0.15) is 3.97 Å². The molecule has 0 bridgehead atoms. The monoisotopic (exact) mass is 339 g/mol. The highest BCUT2D eigenvalue weighted by Crippen LogP contribution is 2.23. The van der Waals surface area contributed by atoms with Crippen LogP contribution in [0.15, 0.2) is 33.0 Å². The molecule has 8 heteroatoms. The van der Waals surface area contributed by atoms with Crippen molar-refractivity contribution in [2.45, 2.75) is 25.7 Å². The van der Waals surface area contributed by atoms with Crippen molar-refractivity contribution in [3.8, 4) is 0 Å². The van der Waals surface area contributed by atoms with Gasteiger partial charge >= 0.3 is 5.69 Å². The fraction of sp³-hybridized carbons (Fsp3) is 0.333. The molecule has 23 heavy (non-hydrogen) atoms. The summed E-state index contributed by atoms with van der Waals surface area (Å²) in [4.78, 5) is 16.0. The molecule has 2 rings (SSSR count). The van der Waals surface area contributed by atoms with Crippen molar-refractivity contribution in [3.63, 3.8) is 0 Å². The van der Waals surface area contributed by atoms with Crippen LogP contribution in [-0.4, -0.2) is 24.0 Å². The Morgan fingerprint density at radius 1 is 1.13 bits per heavy atom. The van der Waals surface area contributed by atoms with E-state index < -0.39 is 21.5 Å². The van der Waals surface area contributed by atoms with Crippen molar-refractivity contribution in [2.75, 3.05) is 7.05 Å². The van der Waals surface area contributed by atoms with Crippen LogP contribution in [0.4, 0.5) is 4.39 Å². The molecule has 124 valence electrons. The van der Waals surface area contributed by atoms with Crippen LogP contribution in [0.3, 0.4) is 0 Å². The van der Waals surface area contributed by atoms with E-state index in [0.717, 1.165) is 10.1 Å². The lowest BCUT2D eigenvalue weighted by atomic mass is 10.1. The Morgan fingerprint density at radius 3 is 2.13 bits per heavy atom. The normalized spacial score (nSPS) is 12.7. The second-order valence-electron chi connectivity index (χ2n) is 5.39. The van der Waals surface area contributed by atoms with Gasteiger partial charge in [-0.1, -0.05) is 17.7 Å². The average Bonchev–Trinajstić information content (AvgIpc) is 2.41. The Balaban J connectivity index is 2.90. The molecular weight excluding hydrogens is 321 g/mol. The zero-order valence-electron chi connectivity index (χ0n) is 13.6. The standard InChI is InChI=1S/C15H18FN3O3S/c1-9-6-10(2)13(11(3)7-9)23(21,22)19-8-12(16)14(17-4)18(5)15(19)20/h6-8H,1-5H3. The molecule has 0 spiro atoms. The van der Waals surface area contributed by atoms with Crippen molar-refractivity contribution in [3.05, 3.63) is 56.8 Å². The van der Waals surface area contributed by atoms with Crippen LogP contribution < -0.4 is 11.2 Å². The quantitative estimate of drug-likeness (QED) is 0.820. The first-order valence-electron chi connectivity index (χ1n) is 6.85. The Labute approximate surface area is 133 Å². The summed E-state index contributed by atoms with van der Waals surface area (Å²) >= 11 is 0. The van der Waals surface area contributed by atoms with Gasteiger partial charge in [0.25, 0.3) is 10.0 Å². The van der Waals surface area contributed by atoms with Gasteiger partial charge in [0.05, 0.1) is 11.1 Å². The maximum Gasteiger partial charge on any atom is 0.343 e. The Bertz CT molecular complexity index is 994. The lowest BCUT2D eigenvalue weighted by Gasteiger charge is -2.14. The fourth-order valence-electron chi connectivity index (χ4n) is 2.72. The molecule has 0 radical (unpaired) electrons. The van der Waals surface area contributed by atoms with Crippen molar-refractivity contribution in [2.24, 2.45) is 12.0 Å². The number of rotatable bonds is 2. The Hall–Kier alpha value is -2.22. The highest BCUT2D eigenvalue weighted by atomic mass is 32.2. The molecule has 0 saturated carbocycles. The molecule has 1 aromatic carbocycles. The van der Waals surface area contributed by atoms with Crippen LogP contribution in [0.1, 0.15) is 16.7 Å². The minimum absolute atomic E-state index is 0.00536. The van der Waals surface area contributed by atoms with Gasteiger partial charge in [0.2, 0.25) is 0 Å². The molecule has 0 atom stereocenters. The van der Waals surface area contributed by atoms with Gasteiger partial charge in [-0.05, 0) is 31.9 Å². The van der Waals surface area contributed by atoms with E-state index in [1.54, 1.807) is 26.0 Å². The van der Waals surface area contributed by atoms with E-state index in [1.165, 1.54) is 14.1 Å². The Kier molecular flexibility index (Phi) is 4.30. The van der Waals surface area contributed by atoms with Crippen LogP contribution in [0.25, 0.3) is 0 Å². The maximum atomic E-state index is 14.1. The lowest BCUT2D eigenvalue weighted by molar-refractivity contribution is 0.537. The maximum absolute atomic E-state index is 14.1. The summed E-state index contributed by atoms with van der Waals surface area (Å²) < 4.78 is 41.1. The molecule has 6 nitrogen and oxygen atoms in total. The van der Waals surface area contributed by atoms with Crippen molar-refractivity contribution < 1.29 is 12.8 Å². The second kappa shape index (κ2) is 5.77. The third-order valence-corrected chi connectivity index (χ3v) is 5.51. The van der Waals surface area contributed by atoms with Crippen LogP contribution >= 0.6 is 0 Å². The number of nitrogens with zero attached hydrogens (tertiary/aromatic N) is 3. The zero-order valence-corrected chi connectivity index (χ0v) is 14.4. The van der Waals surface area contributed by atoms with E-state index in [2.05, 4.69) is 4.99 Å². The van der Waals surface area contributed by atoms with Gasteiger partial charge in [-0.15, -0.1) is 0 Å². The van der Waals surface area contributed by atoms with Gasteiger partial charge < -0.3 is 0 Å². The predicted molar refractivity (Wildman–Crippen MR) is 84.4 cm³/mol. The van der Waals surface area contributed by atoms with Gasteiger partial charge in [-0.3, -0.25) is 9.56 Å². The first-order chi connectivity index (χ1) is 10.6. The first kappa shape index (κ1) is 17.1. The second-order valence-corrected chi connectivity index (χ2v) is 7.15. The van der Waals surface area contributed by atoms with Crippen LogP contribution in [0, 0.1) is 26.6 Å². The molecule has 0 N–H and O–H groups in total. The van der Waals surface area contributed by atoms with Crippen LogP contribution in [-0.2, 0) is 17.1 Å². The third-order valence-electron chi connectivity index (χ3n) is 3.57. The van der Waals surface area contributed by atoms with Crippen molar-refractivity contribution in [1.29, 1.82) is 0 Å². The summed E-state index contributed by atoms with van der Waals surface area (Å²) in [5.41, 5.74) is 0.816. The van der Waals surface area contributed by atoms with E-state index in [-0.39, 0.29) is 10.4 Å². The largest absolute Gasteiger partial charge is 0.343 e. The van der Waals surface area contributed by atoms with Crippen molar-refractivity contribution >= 4 is 10.0 Å². The van der Waals surface area contributed by atoms with E-state index in [9.17, 15) is 17.6 Å². The van der Waals surface area contributed by atoms with Gasteiger partial charge in [-0.25, -0.2) is 17.6 Å². The molecule has 1 heterocycles. The number of aromatic nitrogens is 2. The lowest BCUT2D eigenvalue weighted by Crippen LogP contribution is -2.42. The van der Waals surface area contributed by atoms with Gasteiger partial charge in [0.15, 0.2) is 11.3 Å². The molecule has 1 aromatic heterocycles. The number of hydrogen-bond acceptors (Lipinski definition) is 4. The summed E-state index contributed by atoms with van der Waals surface area (Å²) in [6, 6.07) is 3.41. The van der Waals surface area contributed by atoms with Crippen molar-refractivity contribution in [1.82, 2.24) is 8.54 Å². The highest BCUT2D eigenvalue weighted by molar-refractivity contribution is 7.90. The minimum atomic E-state index is -4.22. The summed E-state index contributed by atoms with van der Waals surface area (Å²) in [6.45, 7) is 5.13.